The van der Waals surface area contributed by atoms with Gasteiger partial charge in [-0.05, 0) is 50.8 Å². The lowest BCUT2D eigenvalue weighted by atomic mass is 9.84. The number of aromatic amines is 1. The molecule has 2 amide bonds. The minimum absolute atomic E-state index is 0.0656. The predicted molar refractivity (Wildman–Crippen MR) is 124 cm³/mol. The zero-order valence-electron chi connectivity index (χ0n) is 18.8. The number of H-pyrrole nitrogens is 1. The number of carbonyl (C=O) groups is 1. The number of hydrogen-bond donors (Lipinski definition) is 2. The summed E-state index contributed by atoms with van der Waals surface area (Å²) in [6, 6.07) is 5.11. The highest BCUT2D eigenvalue weighted by Gasteiger charge is 2.40. The summed E-state index contributed by atoms with van der Waals surface area (Å²) in [6.07, 6.45) is 6.05. The third-order valence-corrected chi connectivity index (χ3v) is 7.11. The number of urea groups is 1. The Labute approximate surface area is 186 Å². The molecule has 5 rings (SSSR count). The fourth-order valence-corrected chi connectivity index (χ4v) is 5.49. The molecular weight excluding hydrogens is 407 g/mol. The van der Waals surface area contributed by atoms with Crippen molar-refractivity contribution >= 4 is 28.6 Å². The monoisotopic (exact) mass is 436 g/mol. The van der Waals surface area contributed by atoms with Crippen molar-refractivity contribution in [2.24, 2.45) is 5.92 Å². The summed E-state index contributed by atoms with van der Waals surface area (Å²) in [6.45, 7) is 4.24. The first-order valence-electron chi connectivity index (χ1n) is 11.3. The van der Waals surface area contributed by atoms with Crippen molar-refractivity contribution in [2.75, 3.05) is 24.2 Å². The molecule has 32 heavy (non-hydrogen) atoms. The van der Waals surface area contributed by atoms with Crippen LogP contribution >= 0.6 is 0 Å². The maximum absolute atomic E-state index is 15.4. The zero-order chi connectivity index (χ0) is 22.6. The molecule has 2 fully saturated rings. The van der Waals surface area contributed by atoms with Crippen LogP contribution in [0.1, 0.15) is 43.6 Å². The number of halogens is 1. The Hall–Kier alpha value is -3.16. The number of carbonyl (C=O) groups excluding carboxylic acids is 1. The van der Waals surface area contributed by atoms with Crippen molar-refractivity contribution in [1.82, 2.24) is 19.9 Å². The molecule has 8 heteroatoms. The van der Waals surface area contributed by atoms with Gasteiger partial charge in [-0.3, -0.25) is 4.90 Å². The first-order valence-corrected chi connectivity index (χ1v) is 11.3. The highest BCUT2D eigenvalue weighted by molar-refractivity contribution is 6.02. The fourth-order valence-electron chi connectivity index (χ4n) is 5.49. The van der Waals surface area contributed by atoms with Gasteiger partial charge in [-0.1, -0.05) is 19.3 Å². The maximum Gasteiger partial charge on any atom is 0.324 e. The van der Waals surface area contributed by atoms with E-state index in [1.165, 1.54) is 25.3 Å². The number of nitrogen functional groups attached to an aromatic ring is 1. The standard InChI is InChI=1S/C24H29FN6O/c1-13-20(21-22(26)28-14(2)29-23(21)27-13)17-10-9-16(11-18(17)25)31-12-19(30(3)24(31)32)15-7-5-4-6-8-15/h9-11,15,19H,4-8,12H2,1-3H3,(H3,26,27,28,29). The van der Waals surface area contributed by atoms with Crippen LogP contribution in [-0.4, -0.2) is 45.5 Å². The van der Waals surface area contributed by atoms with Crippen molar-refractivity contribution in [3.05, 3.63) is 35.5 Å². The van der Waals surface area contributed by atoms with Crippen LogP contribution in [0.4, 0.5) is 20.7 Å². The van der Waals surface area contributed by atoms with Gasteiger partial charge < -0.3 is 15.6 Å². The van der Waals surface area contributed by atoms with Crippen LogP contribution in [0.3, 0.4) is 0 Å². The lowest BCUT2D eigenvalue weighted by Gasteiger charge is -2.30. The van der Waals surface area contributed by atoms with E-state index in [-0.39, 0.29) is 12.1 Å². The summed E-state index contributed by atoms with van der Waals surface area (Å²) in [5.74, 6) is 1.000. The summed E-state index contributed by atoms with van der Waals surface area (Å²) in [5.41, 5.74) is 9.18. The van der Waals surface area contributed by atoms with Crippen LogP contribution in [-0.2, 0) is 0 Å². The first kappa shape index (κ1) is 20.7. The van der Waals surface area contributed by atoms with E-state index in [1.807, 2.05) is 24.9 Å². The molecule has 0 radical (unpaired) electrons. The first-order chi connectivity index (χ1) is 15.3. The van der Waals surface area contributed by atoms with Crippen molar-refractivity contribution in [3.63, 3.8) is 0 Å². The lowest BCUT2D eigenvalue weighted by Crippen LogP contribution is -2.36. The SMILES string of the molecule is Cc1nc(N)c2c(-c3ccc(N4CC(C5CCCCC5)N(C)C4=O)cc3F)c(C)[nH]c2n1. The molecule has 1 aliphatic carbocycles. The quantitative estimate of drug-likeness (QED) is 0.618. The Morgan fingerprint density at radius 1 is 1.16 bits per heavy atom. The summed E-state index contributed by atoms with van der Waals surface area (Å²) in [7, 11) is 1.87. The van der Waals surface area contributed by atoms with Gasteiger partial charge in [0.05, 0.1) is 11.4 Å². The molecule has 3 N–H and O–H groups in total. The number of rotatable bonds is 3. The molecule has 0 bridgehead atoms. The number of nitrogens with one attached hydrogen (secondary N) is 1. The molecule has 1 aromatic carbocycles. The van der Waals surface area contributed by atoms with Gasteiger partial charge in [-0.2, -0.15) is 0 Å². The van der Waals surface area contributed by atoms with Gasteiger partial charge in [0.15, 0.2) is 0 Å². The van der Waals surface area contributed by atoms with E-state index < -0.39 is 5.82 Å². The number of hydrogen-bond acceptors (Lipinski definition) is 4. The van der Waals surface area contributed by atoms with E-state index in [0.717, 1.165) is 18.5 Å². The maximum atomic E-state index is 15.4. The lowest BCUT2D eigenvalue weighted by molar-refractivity contribution is 0.184. The van der Waals surface area contributed by atoms with Crippen molar-refractivity contribution < 1.29 is 9.18 Å². The summed E-state index contributed by atoms with van der Waals surface area (Å²) >= 11 is 0. The zero-order valence-corrected chi connectivity index (χ0v) is 18.8. The third-order valence-electron chi connectivity index (χ3n) is 7.11. The second kappa shape index (κ2) is 7.76. The molecule has 3 heterocycles. The highest BCUT2D eigenvalue weighted by atomic mass is 19.1. The smallest absolute Gasteiger partial charge is 0.324 e. The molecular formula is C24H29FN6O. The van der Waals surface area contributed by atoms with Gasteiger partial charge in [-0.25, -0.2) is 19.2 Å². The van der Waals surface area contributed by atoms with Crippen LogP contribution in [0.2, 0.25) is 0 Å². The van der Waals surface area contributed by atoms with Gasteiger partial charge in [-0.15, -0.1) is 0 Å². The van der Waals surface area contributed by atoms with Gasteiger partial charge in [0.2, 0.25) is 0 Å². The van der Waals surface area contributed by atoms with E-state index in [0.29, 0.717) is 52.0 Å². The number of fused-ring (bicyclic) bond motifs is 1. The number of aromatic nitrogens is 3. The van der Waals surface area contributed by atoms with Crippen LogP contribution in [0, 0.1) is 25.6 Å². The minimum atomic E-state index is -0.400. The summed E-state index contributed by atoms with van der Waals surface area (Å²) < 4.78 is 15.4. The molecule has 0 spiro atoms. The van der Waals surface area contributed by atoms with Crippen LogP contribution in [0.25, 0.3) is 22.2 Å². The average Bonchev–Trinajstić information content (AvgIpc) is 3.25. The Kier molecular flexibility index (Phi) is 5.03. The molecule has 1 saturated heterocycles. The highest BCUT2D eigenvalue weighted by Crippen LogP contribution is 2.38. The van der Waals surface area contributed by atoms with Crippen molar-refractivity contribution in [3.8, 4) is 11.1 Å². The summed E-state index contributed by atoms with van der Waals surface area (Å²) in [5, 5.41) is 0.620. The number of nitrogens with zero attached hydrogens (tertiary/aromatic N) is 4. The predicted octanol–water partition coefficient (Wildman–Crippen LogP) is 4.78. The number of anilines is 2. The fraction of sp³-hybridized carbons (Fsp3) is 0.458. The van der Waals surface area contributed by atoms with E-state index in [1.54, 1.807) is 17.9 Å². The molecule has 1 atom stereocenters. The van der Waals surface area contributed by atoms with Crippen LogP contribution < -0.4 is 10.6 Å². The average molecular weight is 437 g/mol. The van der Waals surface area contributed by atoms with E-state index in [2.05, 4.69) is 15.0 Å². The van der Waals surface area contributed by atoms with Crippen LogP contribution in [0.15, 0.2) is 18.2 Å². The molecule has 7 nitrogen and oxygen atoms in total. The van der Waals surface area contributed by atoms with Crippen LogP contribution in [0.5, 0.6) is 0 Å². The molecule has 168 valence electrons. The Balaban J connectivity index is 1.49. The molecule has 2 aliphatic rings. The van der Waals surface area contributed by atoms with Gasteiger partial charge >= 0.3 is 6.03 Å². The van der Waals surface area contributed by atoms with Crippen molar-refractivity contribution in [1.29, 1.82) is 0 Å². The van der Waals surface area contributed by atoms with E-state index in [4.69, 9.17) is 5.73 Å². The molecule has 1 unspecified atom stereocenters. The second-order valence-electron chi connectivity index (χ2n) is 9.14. The van der Waals surface area contributed by atoms with Crippen molar-refractivity contribution in [2.45, 2.75) is 52.0 Å². The molecule has 1 aliphatic heterocycles. The molecule has 2 aromatic heterocycles. The second-order valence-corrected chi connectivity index (χ2v) is 9.14. The normalized spacial score (nSPS) is 20.0. The minimum Gasteiger partial charge on any atom is -0.383 e. The van der Waals surface area contributed by atoms with Gasteiger partial charge in [0.1, 0.15) is 23.1 Å². The number of nitrogens with two attached hydrogens (primary N) is 1. The number of likely N-dealkylation sites (N-methyl/N-ethyl adjacent to an activating group) is 1. The van der Waals surface area contributed by atoms with Gasteiger partial charge in [0, 0.05) is 36.1 Å². The topological polar surface area (TPSA) is 91.1 Å². The molecule has 3 aromatic rings. The largest absolute Gasteiger partial charge is 0.383 e. The Bertz CT molecular complexity index is 1200. The van der Waals surface area contributed by atoms with Gasteiger partial charge in [0.25, 0.3) is 0 Å². The number of aryl methyl sites for hydroxylation is 2. The number of amides is 2. The Morgan fingerprint density at radius 3 is 2.62 bits per heavy atom. The third kappa shape index (κ3) is 3.29. The summed E-state index contributed by atoms with van der Waals surface area (Å²) in [4.78, 5) is 28.4. The molecule has 1 saturated carbocycles. The van der Waals surface area contributed by atoms with E-state index in [9.17, 15) is 4.79 Å². The number of benzene rings is 1. The van der Waals surface area contributed by atoms with E-state index >= 15 is 4.39 Å². The Morgan fingerprint density at radius 2 is 1.91 bits per heavy atom.